The van der Waals surface area contributed by atoms with Gasteiger partial charge < -0.3 is 9.84 Å². The van der Waals surface area contributed by atoms with Crippen LogP contribution in [-0.4, -0.2) is 30.6 Å². The van der Waals surface area contributed by atoms with Gasteiger partial charge in [-0.1, -0.05) is 12.1 Å². The Hall–Kier alpha value is -2.80. The number of rotatable bonds is 6. The van der Waals surface area contributed by atoms with Crippen molar-refractivity contribution in [2.24, 2.45) is 0 Å². The molecule has 0 atom stereocenters. The van der Waals surface area contributed by atoms with Gasteiger partial charge in [-0.25, -0.2) is 12.4 Å². The highest BCUT2D eigenvalue weighted by Gasteiger charge is 2.22. The molecule has 0 aliphatic carbocycles. The number of aryl methyl sites for hydroxylation is 2. The average molecular weight is 373 g/mol. The van der Waals surface area contributed by atoms with Crippen molar-refractivity contribution in [2.45, 2.75) is 24.7 Å². The summed E-state index contributed by atoms with van der Waals surface area (Å²) >= 11 is 0. The van der Waals surface area contributed by atoms with E-state index in [0.717, 1.165) is 5.56 Å². The van der Waals surface area contributed by atoms with Crippen molar-refractivity contribution in [1.29, 1.82) is 0 Å². The lowest BCUT2D eigenvalue weighted by Crippen LogP contribution is -2.12. The molecule has 0 aliphatic heterocycles. The van der Waals surface area contributed by atoms with Gasteiger partial charge in [-0.15, -0.1) is 0 Å². The van der Waals surface area contributed by atoms with Crippen molar-refractivity contribution in [2.75, 3.05) is 7.11 Å². The number of aromatic nitrogens is 1. The summed E-state index contributed by atoms with van der Waals surface area (Å²) in [5.41, 5.74) is 1.99. The number of nitrogens with zero attached hydrogens (tertiary/aromatic N) is 1. The van der Waals surface area contributed by atoms with Crippen LogP contribution in [-0.2, 0) is 21.2 Å². The van der Waals surface area contributed by atoms with Crippen LogP contribution in [0, 0.1) is 6.92 Å². The first kappa shape index (κ1) is 18.0. The van der Waals surface area contributed by atoms with Crippen LogP contribution < -0.4 is 4.74 Å². The lowest BCUT2D eigenvalue weighted by molar-refractivity contribution is -0.136. The Bertz CT molecular complexity index is 1080. The molecule has 0 fully saturated rings. The van der Waals surface area contributed by atoms with Crippen LogP contribution in [0.3, 0.4) is 0 Å². The molecule has 0 saturated carbocycles. The minimum Gasteiger partial charge on any atom is -0.497 e. The number of fused-ring (bicyclic) bond motifs is 1. The van der Waals surface area contributed by atoms with E-state index >= 15 is 0 Å². The van der Waals surface area contributed by atoms with Crippen LogP contribution in [0.15, 0.2) is 53.6 Å². The summed E-state index contributed by atoms with van der Waals surface area (Å²) in [4.78, 5) is 11.1. The number of methoxy groups -OCH3 is 1. The van der Waals surface area contributed by atoms with Gasteiger partial charge in [0.2, 0.25) is 0 Å². The number of carboxylic acids is 1. The SMILES string of the molecule is COc1ccc2c(c1)c(CCC(=O)O)cn2S(=O)(=O)c1cccc(C)c1. The van der Waals surface area contributed by atoms with Crippen molar-refractivity contribution in [3.63, 3.8) is 0 Å². The third kappa shape index (κ3) is 3.30. The summed E-state index contributed by atoms with van der Waals surface area (Å²) in [6, 6.07) is 11.8. The van der Waals surface area contributed by atoms with Crippen molar-refractivity contribution in [3.8, 4) is 5.75 Å². The second-order valence-electron chi connectivity index (χ2n) is 6.05. The maximum Gasteiger partial charge on any atom is 0.303 e. The van der Waals surface area contributed by atoms with Crippen LogP contribution in [0.25, 0.3) is 10.9 Å². The molecule has 0 radical (unpaired) electrons. The number of hydrogen-bond acceptors (Lipinski definition) is 4. The maximum absolute atomic E-state index is 13.1. The van der Waals surface area contributed by atoms with E-state index in [1.54, 1.807) is 36.4 Å². The van der Waals surface area contributed by atoms with Gasteiger partial charge in [-0.3, -0.25) is 4.79 Å². The highest BCUT2D eigenvalue weighted by Crippen LogP contribution is 2.30. The Kier molecular flexibility index (Phi) is 4.73. The Morgan fingerprint density at radius 3 is 2.62 bits per heavy atom. The average Bonchev–Trinajstić information content (AvgIpc) is 2.98. The Labute approximate surface area is 151 Å². The van der Waals surface area contributed by atoms with Gasteiger partial charge in [0.05, 0.1) is 17.5 Å². The standard InChI is InChI=1S/C19H19NO5S/c1-13-4-3-5-16(10-13)26(23,24)20-12-14(6-9-19(21)22)17-11-15(25-2)7-8-18(17)20/h3-5,7-8,10-12H,6,9H2,1-2H3,(H,21,22). The van der Waals surface area contributed by atoms with Crippen molar-refractivity contribution in [3.05, 3.63) is 59.8 Å². The van der Waals surface area contributed by atoms with E-state index in [0.29, 0.717) is 22.2 Å². The fraction of sp³-hybridized carbons (Fsp3) is 0.211. The molecular formula is C19H19NO5S. The molecule has 0 saturated heterocycles. The summed E-state index contributed by atoms with van der Waals surface area (Å²) in [5.74, 6) is -0.352. The van der Waals surface area contributed by atoms with Crippen LogP contribution in [0.1, 0.15) is 17.5 Å². The number of hydrogen-bond donors (Lipinski definition) is 1. The number of ether oxygens (including phenoxy) is 1. The molecule has 26 heavy (non-hydrogen) atoms. The molecule has 3 rings (SSSR count). The third-order valence-electron chi connectivity index (χ3n) is 4.21. The second kappa shape index (κ2) is 6.84. The van der Waals surface area contributed by atoms with Crippen LogP contribution >= 0.6 is 0 Å². The first-order valence-electron chi connectivity index (χ1n) is 8.05. The number of aliphatic carboxylic acids is 1. The Morgan fingerprint density at radius 1 is 1.19 bits per heavy atom. The molecule has 136 valence electrons. The molecule has 0 unspecified atom stereocenters. The third-order valence-corrected chi connectivity index (χ3v) is 5.88. The normalized spacial score (nSPS) is 11.6. The molecular weight excluding hydrogens is 354 g/mol. The number of benzene rings is 2. The molecule has 1 heterocycles. The largest absolute Gasteiger partial charge is 0.497 e. The summed E-state index contributed by atoms with van der Waals surface area (Å²) < 4.78 is 32.7. The quantitative estimate of drug-likeness (QED) is 0.717. The summed E-state index contributed by atoms with van der Waals surface area (Å²) in [6.07, 6.45) is 1.65. The minimum absolute atomic E-state index is 0.0825. The number of carbonyl (C=O) groups is 1. The smallest absolute Gasteiger partial charge is 0.303 e. The van der Waals surface area contributed by atoms with E-state index in [9.17, 15) is 13.2 Å². The van der Waals surface area contributed by atoms with Gasteiger partial charge in [0.25, 0.3) is 10.0 Å². The number of carboxylic acid groups (broad SMARTS) is 1. The fourth-order valence-electron chi connectivity index (χ4n) is 2.90. The highest BCUT2D eigenvalue weighted by molar-refractivity contribution is 7.90. The van der Waals surface area contributed by atoms with E-state index in [4.69, 9.17) is 9.84 Å². The molecule has 1 aromatic heterocycles. The van der Waals surface area contributed by atoms with Crippen molar-refractivity contribution >= 4 is 26.9 Å². The van der Waals surface area contributed by atoms with Gasteiger partial charge >= 0.3 is 5.97 Å². The van der Waals surface area contributed by atoms with E-state index in [-0.39, 0.29) is 17.7 Å². The van der Waals surface area contributed by atoms with E-state index in [2.05, 4.69) is 0 Å². The van der Waals surface area contributed by atoms with Crippen LogP contribution in [0.4, 0.5) is 0 Å². The molecule has 0 bridgehead atoms. The van der Waals surface area contributed by atoms with E-state index in [1.165, 1.54) is 17.3 Å². The zero-order valence-electron chi connectivity index (χ0n) is 14.5. The molecule has 1 N–H and O–H groups in total. The first-order chi connectivity index (χ1) is 12.3. The highest BCUT2D eigenvalue weighted by atomic mass is 32.2. The predicted molar refractivity (Wildman–Crippen MR) is 98.2 cm³/mol. The lowest BCUT2D eigenvalue weighted by Gasteiger charge is -2.08. The molecule has 7 heteroatoms. The lowest BCUT2D eigenvalue weighted by atomic mass is 10.1. The molecule has 6 nitrogen and oxygen atoms in total. The van der Waals surface area contributed by atoms with E-state index < -0.39 is 16.0 Å². The maximum atomic E-state index is 13.1. The van der Waals surface area contributed by atoms with Crippen molar-refractivity contribution in [1.82, 2.24) is 3.97 Å². The fourth-order valence-corrected chi connectivity index (χ4v) is 4.40. The monoisotopic (exact) mass is 373 g/mol. The summed E-state index contributed by atoms with van der Waals surface area (Å²) in [6.45, 7) is 1.83. The van der Waals surface area contributed by atoms with Crippen LogP contribution in [0.5, 0.6) is 5.75 Å². The predicted octanol–water partition coefficient (Wildman–Crippen LogP) is 3.21. The summed E-state index contributed by atoms with van der Waals surface area (Å²) in [7, 11) is -2.27. The molecule has 0 spiro atoms. The Morgan fingerprint density at radius 2 is 1.96 bits per heavy atom. The molecule has 0 aliphatic rings. The van der Waals surface area contributed by atoms with Gasteiger partial charge in [0.15, 0.2) is 0 Å². The zero-order valence-corrected chi connectivity index (χ0v) is 15.3. The first-order valence-corrected chi connectivity index (χ1v) is 9.49. The Balaban J connectivity index is 2.21. The molecule has 2 aromatic carbocycles. The van der Waals surface area contributed by atoms with Crippen molar-refractivity contribution < 1.29 is 23.1 Å². The summed E-state index contributed by atoms with van der Waals surface area (Å²) in [5, 5.41) is 9.64. The van der Waals surface area contributed by atoms with E-state index in [1.807, 2.05) is 13.0 Å². The van der Waals surface area contributed by atoms with Gasteiger partial charge in [0, 0.05) is 18.0 Å². The minimum atomic E-state index is -3.80. The topological polar surface area (TPSA) is 85.6 Å². The molecule has 0 amide bonds. The van der Waals surface area contributed by atoms with Gasteiger partial charge in [0.1, 0.15) is 5.75 Å². The van der Waals surface area contributed by atoms with Gasteiger partial charge in [-0.2, -0.15) is 0 Å². The molecule has 3 aromatic rings. The van der Waals surface area contributed by atoms with Crippen LogP contribution in [0.2, 0.25) is 0 Å². The second-order valence-corrected chi connectivity index (χ2v) is 7.86. The van der Waals surface area contributed by atoms with Gasteiger partial charge in [-0.05, 0) is 54.8 Å². The zero-order chi connectivity index (χ0) is 18.9.